The lowest BCUT2D eigenvalue weighted by molar-refractivity contribution is -0.121. The molecule has 0 aromatic rings. The van der Waals surface area contributed by atoms with Gasteiger partial charge in [0.05, 0.1) is 0 Å². The number of hydrogen-bond acceptors (Lipinski definition) is 4. The second-order valence-electron chi connectivity index (χ2n) is 10.4. The Kier molecular flexibility index (Phi) is 24.0. The summed E-state index contributed by atoms with van der Waals surface area (Å²) in [7, 11) is 8.28. The van der Waals surface area contributed by atoms with Crippen LogP contribution in [0.4, 0.5) is 0 Å². The number of nitrogens with zero attached hydrogens (tertiary/aromatic N) is 2. The lowest BCUT2D eigenvalue weighted by atomic mass is 10.0. The second kappa shape index (κ2) is 24.9. The van der Waals surface area contributed by atoms with Crippen LogP contribution in [0.1, 0.15) is 116 Å². The van der Waals surface area contributed by atoms with Crippen molar-refractivity contribution in [2.75, 3.05) is 47.8 Å². The first kappa shape index (κ1) is 32.8. The highest BCUT2D eigenvalue weighted by Crippen LogP contribution is 2.11. The molecule has 200 valence electrons. The summed E-state index contributed by atoms with van der Waals surface area (Å²) in [4.78, 5) is 28.0. The molecule has 0 aromatic carbocycles. The fourth-order valence-corrected chi connectivity index (χ4v) is 4.02. The van der Waals surface area contributed by atoms with Crippen molar-refractivity contribution in [1.29, 1.82) is 0 Å². The lowest BCUT2D eigenvalue weighted by Gasteiger charge is -2.09. The number of amides is 1. The molecule has 0 saturated carbocycles. The van der Waals surface area contributed by atoms with Crippen LogP contribution >= 0.6 is 0 Å². The van der Waals surface area contributed by atoms with E-state index in [1.165, 1.54) is 57.8 Å². The van der Waals surface area contributed by atoms with Gasteiger partial charge in [0.25, 0.3) is 0 Å². The molecule has 1 N–H and O–H groups in total. The Morgan fingerprint density at radius 3 is 1.56 bits per heavy atom. The molecule has 0 spiro atoms. The van der Waals surface area contributed by atoms with Crippen molar-refractivity contribution in [2.45, 2.75) is 116 Å². The summed E-state index contributed by atoms with van der Waals surface area (Å²) in [6, 6.07) is 0. The molecule has 0 saturated heterocycles. The van der Waals surface area contributed by atoms with Gasteiger partial charge in [-0.15, -0.1) is 0 Å². The minimum atomic E-state index is 0.210. The van der Waals surface area contributed by atoms with E-state index < -0.39 is 0 Å². The topological polar surface area (TPSA) is 52.7 Å². The van der Waals surface area contributed by atoms with Gasteiger partial charge in [0.15, 0.2) is 0 Å². The van der Waals surface area contributed by atoms with Crippen LogP contribution in [0.2, 0.25) is 0 Å². The number of ketones is 1. The van der Waals surface area contributed by atoms with Gasteiger partial charge in [0.2, 0.25) is 5.91 Å². The molecule has 0 fully saturated rings. The zero-order chi connectivity index (χ0) is 25.3. The summed E-state index contributed by atoms with van der Waals surface area (Å²) in [6.45, 7) is 2.90. The average molecular weight is 480 g/mol. The van der Waals surface area contributed by atoms with Crippen LogP contribution < -0.4 is 5.32 Å². The number of allylic oxidation sites excluding steroid dienone is 2. The van der Waals surface area contributed by atoms with Crippen LogP contribution in [0.3, 0.4) is 0 Å². The Labute approximate surface area is 212 Å². The first-order chi connectivity index (χ1) is 16.4. The summed E-state index contributed by atoms with van der Waals surface area (Å²) in [6.07, 6.45) is 24.5. The van der Waals surface area contributed by atoms with E-state index in [0.29, 0.717) is 12.2 Å². The molecular formula is C29H57N3O2. The number of unbranched alkanes of at least 4 members (excludes halogenated alkanes) is 11. The third kappa shape index (κ3) is 27.0. The van der Waals surface area contributed by atoms with Crippen molar-refractivity contribution in [3.8, 4) is 0 Å². The second-order valence-corrected chi connectivity index (χ2v) is 10.4. The van der Waals surface area contributed by atoms with E-state index in [-0.39, 0.29) is 5.91 Å². The molecular weight excluding hydrogens is 422 g/mol. The molecule has 0 heterocycles. The van der Waals surface area contributed by atoms with Crippen molar-refractivity contribution in [3.63, 3.8) is 0 Å². The zero-order valence-electron chi connectivity index (χ0n) is 23.2. The molecule has 0 aliphatic rings. The zero-order valence-corrected chi connectivity index (χ0v) is 23.2. The van der Waals surface area contributed by atoms with Crippen LogP contribution in [0, 0.1) is 0 Å². The lowest BCUT2D eigenvalue weighted by Crippen LogP contribution is -2.26. The molecule has 0 aliphatic heterocycles. The first-order valence-corrected chi connectivity index (χ1v) is 14.1. The van der Waals surface area contributed by atoms with Crippen LogP contribution in [-0.2, 0) is 9.59 Å². The Morgan fingerprint density at radius 1 is 0.559 bits per heavy atom. The first-order valence-electron chi connectivity index (χ1n) is 14.1. The molecule has 0 unspecified atom stereocenters. The standard InChI is InChI=1S/C29H57N3O2/c1-31(2)26-20-19-23-28(33)22-17-15-13-11-9-7-5-6-8-10-12-14-16-18-24-29(34)30-25-21-27-32(3)4/h5-6H,7-27H2,1-4H3,(H,30,34)/b6-5+. The molecule has 0 aliphatic carbocycles. The van der Waals surface area contributed by atoms with E-state index in [0.717, 1.165) is 71.0 Å². The Bertz CT molecular complexity index is 460. The van der Waals surface area contributed by atoms with E-state index >= 15 is 0 Å². The van der Waals surface area contributed by atoms with Gasteiger partial charge in [-0.2, -0.15) is 0 Å². The normalized spacial score (nSPS) is 11.7. The van der Waals surface area contributed by atoms with Gasteiger partial charge in [-0.05, 0) is 99.1 Å². The largest absolute Gasteiger partial charge is 0.356 e. The van der Waals surface area contributed by atoms with E-state index in [9.17, 15) is 9.59 Å². The van der Waals surface area contributed by atoms with Crippen LogP contribution in [0.25, 0.3) is 0 Å². The monoisotopic (exact) mass is 479 g/mol. The summed E-state index contributed by atoms with van der Waals surface area (Å²) in [5.74, 6) is 0.666. The predicted molar refractivity (Wildman–Crippen MR) is 147 cm³/mol. The Morgan fingerprint density at radius 2 is 1.00 bits per heavy atom. The molecule has 5 nitrogen and oxygen atoms in total. The van der Waals surface area contributed by atoms with Crippen molar-refractivity contribution in [3.05, 3.63) is 12.2 Å². The summed E-state index contributed by atoms with van der Waals surface area (Å²) < 4.78 is 0. The van der Waals surface area contributed by atoms with Gasteiger partial charge in [0.1, 0.15) is 5.78 Å². The average Bonchev–Trinajstić information content (AvgIpc) is 2.79. The summed E-state index contributed by atoms with van der Waals surface area (Å²) in [5.41, 5.74) is 0. The van der Waals surface area contributed by atoms with Gasteiger partial charge >= 0.3 is 0 Å². The van der Waals surface area contributed by atoms with Gasteiger partial charge in [-0.3, -0.25) is 9.59 Å². The van der Waals surface area contributed by atoms with Crippen molar-refractivity contribution < 1.29 is 9.59 Å². The smallest absolute Gasteiger partial charge is 0.219 e. The Hall–Kier alpha value is -1.20. The molecule has 0 bridgehead atoms. The molecule has 5 heteroatoms. The van der Waals surface area contributed by atoms with Gasteiger partial charge < -0.3 is 15.1 Å². The molecule has 34 heavy (non-hydrogen) atoms. The van der Waals surface area contributed by atoms with Crippen molar-refractivity contribution >= 4 is 11.7 Å². The van der Waals surface area contributed by atoms with E-state index in [2.05, 4.69) is 55.5 Å². The minimum Gasteiger partial charge on any atom is -0.356 e. The Balaban J connectivity index is 3.28. The maximum atomic E-state index is 11.9. The SMILES string of the molecule is CN(C)CCCCC(=O)CCCCCCC/C=C/CCCCCCCC(=O)NCCCN(C)C. The molecule has 0 radical (unpaired) electrons. The highest BCUT2D eigenvalue weighted by Gasteiger charge is 2.02. The van der Waals surface area contributed by atoms with Crippen molar-refractivity contribution in [2.24, 2.45) is 0 Å². The number of carbonyl (C=O) groups excluding carboxylic acids is 2. The van der Waals surface area contributed by atoms with Crippen molar-refractivity contribution in [1.82, 2.24) is 15.1 Å². The maximum absolute atomic E-state index is 11.9. The molecule has 0 atom stereocenters. The fraction of sp³-hybridized carbons (Fsp3) is 0.862. The summed E-state index contributed by atoms with van der Waals surface area (Å²) >= 11 is 0. The highest BCUT2D eigenvalue weighted by molar-refractivity contribution is 5.78. The van der Waals surface area contributed by atoms with E-state index in [1.807, 2.05) is 0 Å². The van der Waals surface area contributed by atoms with Gasteiger partial charge in [-0.1, -0.05) is 50.7 Å². The number of hydrogen-bond donors (Lipinski definition) is 1. The van der Waals surface area contributed by atoms with Crippen LogP contribution in [0.15, 0.2) is 12.2 Å². The number of nitrogens with one attached hydrogen (secondary N) is 1. The summed E-state index contributed by atoms with van der Waals surface area (Å²) in [5, 5.41) is 3.01. The van der Waals surface area contributed by atoms with Gasteiger partial charge in [-0.25, -0.2) is 0 Å². The third-order valence-electron chi connectivity index (χ3n) is 6.18. The quantitative estimate of drug-likeness (QED) is 0.122. The van der Waals surface area contributed by atoms with E-state index in [4.69, 9.17) is 0 Å². The van der Waals surface area contributed by atoms with Crippen LogP contribution in [-0.4, -0.2) is 69.3 Å². The number of Topliss-reactive ketones (excluding diaryl/α,β-unsaturated/α-hetero) is 1. The van der Waals surface area contributed by atoms with Crippen LogP contribution in [0.5, 0.6) is 0 Å². The maximum Gasteiger partial charge on any atom is 0.219 e. The third-order valence-corrected chi connectivity index (χ3v) is 6.18. The van der Waals surface area contributed by atoms with Gasteiger partial charge in [0, 0.05) is 25.8 Å². The minimum absolute atomic E-state index is 0.210. The van der Waals surface area contributed by atoms with E-state index in [1.54, 1.807) is 0 Å². The highest BCUT2D eigenvalue weighted by atomic mass is 16.1. The molecule has 1 amide bonds. The number of rotatable bonds is 25. The fourth-order valence-electron chi connectivity index (χ4n) is 4.02. The molecule has 0 aromatic heterocycles. The predicted octanol–water partition coefficient (Wildman–Crippen LogP) is 6.37. The number of carbonyl (C=O) groups is 2. The molecule has 0 rings (SSSR count).